The molecule has 2 unspecified atom stereocenters. The van der Waals surface area contributed by atoms with Crippen LogP contribution in [0.2, 0.25) is 0 Å². The van der Waals surface area contributed by atoms with Gasteiger partial charge in [0.15, 0.2) is 0 Å². The van der Waals surface area contributed by atoms with Crippen molar-refractivity contribution in [2.45, 2.75) is 31.3 Å². The SMILES string of the molecule is CS(=O)(=O)CCC(N)C(=O)NC(CCC(N)=O)C(=O)O. The van der Waals surface area contributed by atoms with Gasteiger partial charge in [0, 0.05) is 12.7 Å². The normalized spacial score (nSPS) is 14.3. The lowest BCUT2D eigenvalue weighted by molar-refractivity contribution is -0.142. The topological polar surface area (TPSA) is 170 Å². The summed E-state index contributed by atoms with van der Waals surface area (Å²) in [6.45, 7) is 0. The van der Waals surface area contributed by atoms with E-state index in [2.05, 4.69) is 5.32 Å². The zero-order valence-corrected chi connectivity index (χ0v) is 11.9. The Hall–Kier alpha value is -1.68. The van der Waals surface area contributed by atoms with Gasteiger partial charge >= 0.3 is 5.97 Å². The smallest absolute Gasteiger partial charge is 0.326 e. The van der Waals surface area contributed by atoms with Gasteiger partial charge in [0.2, 0.25) is 11.8 Å². The van der Waals surface area contributed by atoms with E-state index in [9.17, 15) is 22.8 Å². The second-order valence-corrected chi connectivity index (χ2v) is 6.69. The molecule has 2 amide bonds. The van der Waals surface area contributed by atoms with Crippen molar-refractivity contribution in [3.05, 3.63) is 0 Å². The molecular weight excluding hydrogens is 290 g/mol. The van der Waals surface area contributed by atoms with Crippen LogP contribution in [0.3, 0.4) is 0 Å². The molecule has 0 rings (SSSR count). The summed E-state index contributed by atoms with van der Waals surface area (Å²) in [5.74, 6) is -3.08. The second-order valence-electron chi connectivity index (χ2n) is 4.43. The fraction of sp³-hybridized carbons (Fsp3) is 0.700. The molecule has 0 aromatic heterocycles. The molecular formula is C10H19N3O6S. The molecule has 116 valence electrons. The molecule has 0 bridgehead atoms. The first kappa shape index (κ1) is 18.3. The lowest BCUT2D eigenvalue weighted by Crippen LogP contribution is -2.49. The number of carbonyl (C=O) groups is 3. The van der Waals surface area contributed by atoms with E-state index in [-0.39, 0.29) is 25.0 Å². The number of carboxylic acid groups (broad SMARTS) is 1. The summed E-state index contributed by atoms with van der Waals surface area (Å²) in [7, 11) is -3.26. The van der Waals surface area contributed by atoms with Crippen molar-refractivity contribution < 1.29 is 27.9 Å². The van der Waals surface area contributed by atoms with E-state index in [1.54, 1.807) is 0 Å². The van der Waals surface area contributed by atoms with Crippen LogP contribution in [0.15, 0.2) is 0 Å². The van der Waals surface area contributed by atoms with Crippen LogP contribution in [0.1, 0.15) is 19.3 Å². The number of aliphatic carboxylic acids is 1. The number of nitrogens with one attached hydrogen (secondary N) is 1. The Morgan fingerprint density at radius 3 is 2.20 bits per heavy atom. The van der Waals surface area contributed by atoms with Crippen LogP contribution in [-0.4, -0.2) is 55.4 Å². The fourth-order valence-corrected chi connectivity index (χ4v) is 1.98. The third-order valence-corrected chi connectivity index (χ3v) is 3.41. The van der Waals surface area contributed by atoms with E-state index < -0.39 is 39.7 Å². The van der Waals surface area contributed by atoms with Gasteiger partial charge in [0.05, 0.1) is 11.8 Å². The summed E-state index contributed by atoms with van der Waals surface area (Å²) < 4.78 is 21.9. The van der Waals surface area contributed by atoms with Crippen molar-refractivity contribution in [1.29, 1.82) is 0 Å². The van der Waals surface area contributed by atoms with E-state index in [0.717, 1.165) is 6.26 Å². The van der Waals surface area contributed by atoms with Gasteiger partial charge in [-0.1, -0.05) is 0 Å². The molecule has 0 heterocycles. The van der Waals surface area contributed by atoms with Crippen LogP contribution in [0.25, 0.3) is 0 Å². The van der Waals surface area contributed by atoms with Gasteiger partial charge < -0.3 is 21.9 Å². The largest absolute Gasteiger partial charge is 0.480 e. The molecule has 0 aliphatic heterocycles. The maximum atomic E-state index is 11.6. The molecule has 0 saturated heterocycles. The number of primary amides is 1. The number of amides is 2. The van der Waals surface area contributed by atoms with Crippen LogP contribution in [-0.2, 0) is 24.2 Å². The zero-order chi connectivity index (χ0) is 15.9. The van der Waals surface area contributed by atoms with Crippen LogP contribution in [0.4, 0.5) is 0 Å². The zero-order valence-electron chi connectivity index (χ0n) is 11.0. The summed E-state index contributed by atoms with van der Waals surface area (Å²) >= 11 is 0. The summed E-state index contributed by atoms with van der Waals surface area (Å²) in [4.78, 5) is 33.1. The molecule has 0 aliphatic rings. The maximum absolute atomic E-state index is 11.6. The number of nitrogens with two attached hydrogens (primary N) is 2. The molecule has 6 N–H and O–H groups in total. The lowest BCUT2D eigenvalue weighted by Gasteiger charge is -2.17. The van der Waals surface area contributed by atoms with Crippen molar-refractivity contribution in [3.63, 3.8) is 0 Å². The molecule has 0 aromatic rings. The van der Waals surface area contributed by atoms with Gasteiger partial charge in [-0.05, 0) is 12.8 Å². The Labute approximate surface area is 116 Å². The Morgan fingerprint density at radius 2 is 1.80 bits per heavy atom. The molecule has 0 aliphatic carbocycles. The van der Waals surface area contributed by atoms with E-state index in [1.807, 2.05) is 0 Å². The number of hydrogen-bond acceptors (Lipinski definition) is 6. The van der Waals surface area contributed by atoms with Gasteiger partial charge in [-0.15, -0.1) is 0 Å². The van der Waals surface area contributed by atoms with Crippen molar-refractivity contribution in [2.24, 2.45) is 11.5 Å². The molecule has 10 heteroatoms. The predicted molar refractivity (Wildman–Crippen MR) is 70.3 cm³/mol. The first-order chi connectivity index (χ1) is 9.03. The first-order valence-corrected chi connectivity index (χ1v) is 7.83. The average Bonchev–Trinajstić information content (AvgIpc) is 2.29. The standard InChI is InChI=1S/C10H19N3O6S/c1-20(18,19)5-4-6(11)9(15)13-7(10(16)17)2-3-8(12)14/h6-7H,2-5,11H2,1H3,(H2,12,14)(H,13,15)(H,16,17). The Balaban J connectivity index is 4.44. The van der Waals surface area contributed by atoms with Gasteiger partial charge in [0.1, 0.15) is 15.9 Å². The maximum Gasteiger partial charge on any atom is 0.326 e. The van der Waals surface area contributed by atoms with Gasteiger partial charge in [-0.2, -0.15) is 0 Å². The number of hydrogen-bond donors (Lipinski definition) is 4. The number of carboxylic acids is 1. The summed E-state index contributed by atoms with van der Waals surface area (Å²) in [5, 5.41) is 11.0. The lowest BCUT2D eigenvalue weighted by atomic mass is 10.1. The molecule has 0 spiro atoms. The minimum Gasteiger partial charge on any atom is -0.480 e. The van der Waals surface area contributed by atoms with Crippen molar-refractivity contribution in [1.82, 2.24) is 5.32 Å². The minimum absolute atomic E-state index is 0.118. The molecule has 2 atom stereocenters. The fourth-order valence-electron chi connectivity index (χ4n) is 1.29. The van der Waals surface area contributed by atoms with Crippen molar-refractivity contribution >= 4 is 27.6 Å². The molecule has 0 radical (unpaired) electrons. The van der Waals surface area contributed by atoms with E-state index in [1.165, 1.54) is 0 Å². The summed E-state index contributed by atoms with van der Waals surface area (Å²) in [6, 6.07) is -2.43. The quantitative estimate of drug-likeness (QED) is 0.367. The summed E-state index contributed by atoms with van der Waals surface area (Å²) in [5.41, 5.74) is 10.4. The van der Waals surface area contributed by atoms with Crippen molar-refractivity contribution in [3.8, 4) is 0 Å². The van der Waals surface area contributed by atoms with Crippen LogP contribution >= 0.6 is 0 Å². The number of rotatable bonds is 9. The number of sulfone groups is 1. The van der Waals surface area contributed by atoms with E-state index in [0.29, 0.717) is 0 Å². The highest BCUT2D eigenvalue weighted by Crippen LogP contribution is 2.00. The van der Waals surface area contributed by atoms with Crippen LogP contribution in [0, 0.1) is 0 Å². The predicted octanol–water partition coefficient (Wildman–Crippen LogP) is -2.42. The Morgan fingerprint density at radius 1 is 1.25 bits per heavy atom. The van der Waals surface area contributed by atoms with Gasteiger partial charge in [0.25, 0.3) is 0 Å². The average molecular weight is 309 g/mol. The Bertz CT molecular complexity index is 475. The highest BCUT2D eigenvalue weighted by Gasteiger charge is 2.24. The minimum atomic E-state index is -3.26. The van der Waals surface area contributed by atoms with Crippen molar-refractivity contribution in [2.75, 3.05) is 12.0 Å². The Kier molecular flexibility index (Phi) is 7.14. The summed E-state index contributed by atoms with van der Waals surface area (Å²) in [6.07, 6.45) is 0.530. The van der Waals surface area contributed by atoms with E-state index in [4.69, 9.17) is 16.6 Å². The molecule has 0 saturated carbocycles. The van der Waals surface area contributed by atoms with Crippen LogP contribution < -0.4 is 16.8 Å². The van der Waals surface area contributed by atoms with Gasteiger partial charge in [-0.3, -0.25) is 9.59 Å². The highest BCUT2D eigenvalue weighted by atomic mass is 32.2. The highest BCUT2D eigenvalue weighted by molar-refractivity contribution is 7.90. The van der Waals surface area contributed by atoms with Gasteiger partial charge in [-0.25, -0.2) is 13.2 Å². The molecule has 9 nitrogen and oxygen atoms in total. The molecule has 0 fully saturated rings. The third-order valence-electron chi connectivity index (χ3n) is 2.43. The monoisotopic (exact) mass is 309 g/mol. The van der Waals surface area contributed by atoms with Crippen LogP contribution in [0.5, 0.6) is 0 Å². The first-order valence-electron chi connectivity index (χ1n) is 5.77. The number of carbonyl (C=O) groups excluding carboxylic acids is 2. The third kappa shape index (κ3) is 8.43. The molecule has 0 aromatic carbocycles. The molecule has 20 heavy (non-hydrogen) atoms. The second kappa shape index (κ2) is 7.80. The van der Waals surface area contributed by atoms with E-state index >= 15 is 0 Å².